The fourth-order valence-electron chi connectivity index (χ4n) is 1.76. The van der Waals surface area contributed by atoms with Crippen LogP contribution >= 0.6 is 0 Å². The van der Waals surface area contributed by atoms with Gasteiger partial charge in [-0.15, -0.1) is 0 Å². The highest BCUT2D eigenvalue weighted by Gasteiger charge is 2.20. The number of nitrogens with two attached hydrogens (primary N) is 1. The summed E-state index contributed by atoms with van der Waals surface area (Å²) in [6, 6.07) is 1.96. The number of carbonyl (C=O) groups excluding carboxylic acids is 2. The molecule has 0 saturated heterocycles. The van der Waals surface area contributed by atoms with Gasteiger partial charge < -0.3 is 16.4 Å². The van der Waals surface area contributed by atoms with Crippen LogP contribution in [-0.4, -0.2) is 24.4 Å². The SMILES string of the molecule is Cc1cc(N)cc(C(=O)NC(C)C(=O)NCC(C)C)c1F. The topological polar surface area (TPSA) is 84.2 Å². The number of halogens is 1. The van der Waals surface area contributed by atoms with Gasteiger partial charge in [0.05, 0.1) is 5.56 Å². The molecule has 0 saturated carbocycles. The molecule has 0 aliphatic carbocycles. The number of anilines is 1. The zero-order chi connectivity index (χ0) is 16.2. The van der Waals surface area contributed by atoms with Crippen molar-refractivity contribution in [2.45, 2.75) is 33.7 Å². The van der Waals surface area contributed by atoms with Crippen molar-refractivity contribution in [3.63, 3.8) is 0 Å². The van der Waals surface area contributed by atoms with Gasteiger partial charge in [0, 0.05) is 12.2 Å². The van der Waals surface area contributed by atoms with E-state index in [4.69, 9.17) is 5.73 Å². The molecule has 1 rings (SSSR count). The van der Waals surface area contributed by atoms with Crippen molar-refractivity contribution in [2.24, 2.45) is 5.92 Å². The Balaban J connectivity index is 2.75. The van der Waals surface area contributed by atoms with Gasteiger partial charge >= 0.3 is 0 Å². The zero-order valence-electron chi connectivity index (χ0n) is 12.8. The maximum absolute atomic E-state index is 13.9. The largest absolute Gasteiger partial charge is 0.399 e. The van der Waals surface area contributed by atoms with Crippen molar-refractivity contribution >= 4 is 17.5 Å². The van der Waals surface area contributed by atoms with Gasteiger partial charge in [0.15, 0.2) is 0 Å². The van der Waals surface area contributed by atoms with E-state index >= 15 is 0 Å². The van der Waals surface area contributed by atoms with Gasteiger partial charge in [0.1, 0.15) is 11.9 Å². The third-order valence-corrected chi connectivity index (χ3v) is 2.95. The summed E-state index contributed by atoms with van der Waals surface area (Å²) in [5.41, 5.74) is 6.05. The highest BCUT2D eigenvalue weighted by atomic mass is 19.1. The molecule has 0 bridgehead atoms. The van der Waals surface area contributed by atoms with E-state index < -0.39 is 17.8 Å². The van der Waals surface area contributed by atoms with Crippen LogP contribution in [0.2, 0.25) is 0 Å². The highest BCUT2D eigenvalue weighted by Crippen LogP contribution is 2.17. The van der Waals surface area contributed by atoms with Gasteiger partial charge in [-0.05, 0) is 37.5 Å². The molecule has 1 atom stereocenters. The summed E-state index contributed by atoms with van der Waals surface area (Å²) >= 11 is 0. The van der Waals surface area contributed by atoms with Crippen LogP contribution in [0.1, 0.15) is 36.7 Å². The van der Waals surface area contributed by atoms with Gasteiger partial charge in [0.2, 0.25) is 5.91 Å². The average Bonchev–Trinajstić information content (AvgIpc) is 2.39. The molecule has 0 radical (unpaired) electrons. The van der Waals surface area contributed by atoms with Crippen molar-refractivity contribution < 1.29 is 14.0 Å². The van der Waals surface area contributed by atoms with E-state index in [1.54, 1.807) is 6.92 Å². The molecule has 21 heavy (non-hydrogen) atoms. The Bertz CT molecular complexity index is 544. The van der Waals surface area contributed by atoms with Crippen LogP contribution < -0.4 is 16.4 Å². The molecule has 0 fully saturated rings. The molecule has 1 aromatic rings. The first-order valence-corrected chi connectivity index (χ1v) is 6.86. The first-order valence-electron chi connectivity index (χ1n) is 6.86. The van der Waals surface area contributed by atoms with Crippen LogP contribution in [0.25, 0.3) is 0 Å². The van der Waals surface area contributed by atoms with E-state index in [0.29, 0.717) is 18.2 Å². The Morgan fingerprint density at radius 2 is 1.90 bits per heavy atom. The summed E-state index contributed by atoms with van der Waals surface area (Å²) in [7, 11) is 0. The van der Waals surface area contributed by atoms with Crippen molar-refractivity contribution in [1.29, 1.82) is 0 Å². The smallest absolute Gasteiger partial charge is 0.254 e. The molecule has 0 aliphatic rings. The summed E-state index contributed by atoms with van der Waals surface area (Å²) in [4.78, 5) is 23.8. The summed E-state index contributed by atoms with van der Waals surface area (Å²) in [5.74, 6) is -1.28. The minimum absolute atomic E-state index is 0.156. The number of nitrogens with one attached hydrogen (secondary N) is 2. The molecule has 5 nitrogen and oxygen atoms in total. The van der Waals surface area contributed by atoms with Gasteiger partial charge in [-0.1, -0.05) is 13.8 Å². The van der Waals surface area contributed by atoms with E-state index in [1.807, 2.05) is 13.8 Å². The molecular formula is C15H22FN3O2. The number of hydrogen-bond donors (Lipinski definition) is 3. The number of benzene rings is 1. The summed E-state index contributed by atoms with van der Waals surface area (Å²) in [6.45, 7) is 7.53. The molecule has 0 heterocycles. The van der Waals surface area contributed by atoms with E-state index in [9.17, 15) is 14.0 Å². The molecule has 0 aliphatic heterocycles. The van der Waals surface area contributed by atoms with Crippen molar-refractivity contribution in [2.75, 3.05) is 12.3 Å². The number of amides is 2. The van der Waals surface area contributed by atoms with E-state index in [1.165, 1.54) is 19.1 Å². The van der Waals surface area contributed by atoms with Crippen molar-refractivity contribution in [1.82, 2.24) is 10.6 Å². The summed E-state index contributed by atoms with van der Waals surface area (Å²) in [5, 5.41) is 5.17. The lowest BCUT2D eigenvalue weighted by atomic mass is 10.1. The lowest BCUT2D eigenvalue weighted by Gasteiger charge is -2.16. The second-order valence-corrected chi connectivity index (χ2v) is 5.53. The van der Waals surface area contributed by atoms with Crippen LogP contribution in [-0.2, 0) is 4.79 Å². The normalized spacial score (nSPS) is 12.1. The van der Waals surface area contributed by atoms with Crippen LogP contribution in [0.4, 0.5) is 10.1 Å². The van der Waals surface area contributed by atoms with E-state index in [0.717, 1.165) is 0 Å². The minimum atomic E-state index is -0.752. The molecule has 0 aromatic heterocycles. The lowest BCUT2D eigenvalue weighted by molar-refractivity contribution is -0.122. The van der Waals surface area contributed by atoms with Crippen molar-refractivity contribution in [3.8, 4) is 0 Å². The molecule has 0 spiro atoms. The zero-order valence-corrected chi connectivity index (χ0v) is 12.8. The number of nitrogen functional groups attached to an aromatic ring is 1. The van der Waals surface area contributed by atoms with Crippen molar-refractivity contribution in [3.05, 3.63) is 29.1 Å². The fraction of sp³-hybridized carbons (Fsp3) is 0.467. The first kappa shape index (κ1) is 16.9. The Morgan fingerprint density at radius 3 is 2.48 bits per heavy atom. The Labute approximate surface area is 124 Å². The summed E-state index contributed by atoms with van der Waals surface area (Å²) in [6.07, 6.45) is 0. The van der Waals surface area contributed by atoms with Gasteiger partial charge in [-0.25, -0.2) is 4.39 Å². The number of aryl methyl sites for hydroxylation is 1. The van der Waals surface area contributed by atoms with Gasteiger partial charge in [-0.2, -0.15) is 0 Å². The highest BCUT2D eigenvalue weighted by molar-refractivity contribution is 5.98. The first-order chi connectivity index (χ1) is 9.72. The Kier molecular flexibility index (Phi) is 5.69. The average molecular weight is 295 g/mol. The molecule has 116 valence electrons. The molecule has 1 unspecified atom stereocenters. The number of rotatable bonds is 5. The number of carbonyl (C=O) groups is 2. The molecule has 2 amide bonds. The predicted molar refractivity (Wildman–Crippen MR) is 80.3 cm³/mol. The summed E-state index contributed by atoms with van der Waals surface area (Å²) < 4.78 is 13.9. The standard InChI is InChI=1S/C15H22FN3O2/c1-8(2)7-18-14(20)10(4)19-15(21)12-6-11(17)5-9(3)13(12)16/h5-6,8,10H,7,17H2,1-4H3,(H,18,20)(H,19,21). The Hall–Kier alpha value is -2.11. The van der Waals surface area contributed by atoms with Gasteiger partial charge in [0.25, 0.3) is 5.91 Å². The quantitative estimate of drug-likeness (QED) is 0.721. The molecule has 1 aromatic carbocycles. The monoisotopic (exact) mass is 295 g/mol. The predicted octanol–water partition coefficient (Wildman–Crippen LogP) is 1.61. The number of hydrogen-bond acceptors (Lipinski definition) is 3. The maximum atomic E-state index is 13.9. The lowest BCUT2D eigenvalue weighted by Crippen LogP contribution is -2.45. The maximum Gasteiger partial charge on any atom is 0.254 e. The van der Waals surface area contributed by atoms with Crippen LogP contribution in [0.5, 0.6) is 0 Å². The van der Waals surface area contributed by atoms with Crippen LogP contribution in [0.3, 0.4) is 0 Å². The van der Waals surface area contributed by atoms with E-state index in [-0.39, 0.29) is 17.0 Å². The van der Waals surface area contributed by atoms with Crippen LogP contribution in [0, 0.1) is 18.7 Å². The van der Waals surface area contributed by atoms with Gasteiger partial charge in [-0.3, -0.25) is 9.59 Å². The Morgan fingerprint density at radius 1 is 1.29 bits per heavy atom. The second-order valence-electron chi connectivity index (χ2n) is 5.53. The minimum Gasteiger partial charge on any atom is -0.399 e. The second kappa shape index (κ2) is 7.06. The fourth-order valence-corrected chi connectivity index (χ4v) is 1.76. The molecular weight excluding hydrogens is 273 g/mol. The molecule has 4 N–H and O–H groups in total. The third kappa shape index (κ3) is 4.73. The van der Waals surface area contributed by atoms with E-state index in [2.05, 4.69) is 10.6 Å². The third-order valence-electron chi connectivity index (χ3n) is 2.95. The molecule has 6 heteroatoms. The van der Waals surface area contributed by atoms with Crippen LogP contribution in [0.15, 0.2) is 12.1 Å².